The van der Waals surface area contributed by atoms with Gasteiger partial charge in [0.2, 0.25) is 0 Å². The Morgan fingerprint density at radius 3 is 1.97 bits per heavy atom. The number of rotatable bonds is 1. The lowest BCUT2D eigenvalue weighted by Gasteiger charge is -2.41. The van der Waals surface area contributed by atoms with Crippen molar-refractivity contribution in [1.82, 2.24) is 4.57 Å². The zero-order chi connectivity index (χ0) is 24.0. The number of ether oxygens (including phenoxy) is 1. The van der Waals surface area contributed by atoms with Crippen LogP contribution in [0.2, 0.25) is 0 Å². The lowest BCUT2D eigenvalue weighted by Crippen LogP contribution is -2.59. The molecule has 0 radical (unpaired) electrons. The van der Waals surface area contributed by atoms with Crippen molar-refractivity contribution < 1.29 is 4.74 Å². The quantitative estimate of drug-likeness (QED) is 0.251. The van der Waals surface area contributed by atoms with Crippen LogP contribution in [0.15, 0.2) is 103 Å². The van der Waals surface area contributed by atoms with Crippen LogP contribution < -0.4 is 20.5 Å². The average molecular weight is 462 g/mol. The van der Waals surface area contributed by atoms with E-state index >= 15 is 0 Å². The Labute approximate surface area is 210 Å². The maximum atomic E-state index is 6.49. The summed E-state index contributed by atoms with van der Waals surface area (Å²) < 4.78 is 8.95. The summed E-state index contributed by atoms with van der Waals surface area (Å²) >= 11 is 0. The molecule has 2 aliphatic heterocycles. The number of anilines is 2. The van der Waals surface area contributed by atoms with Crippen molar-refractivity contribution in [2.45, 2.75) is 13.8 Å². The van der Waals surface area contributed by atoms with Gasteiger partial charge in [-0.15, -0.1) is 0 Å². The first-order valence-corrected chi connectivity index (χ1v) is 12.5. The summed E-state index contributed by atoms with van der Waals surface area (Å²) in [5.74, 6) is 1.81. The monoisotopic (exact) mass is 462 g/mol. The topological polar surface area (TPSA) is 17.4 Å². The van der Waals surface area contributed by atoms with Crippen LogP contribution in [0.25, 0.3) is 27.5 Å². The number of nitrogens with zero attached hydrogens (tertiary/aromatic N) is 2. The highest BCUT2D eigenvalue weighted by Gasteiger charge is 2.42. The van der Waals surface area contributed by atoms with Gasteiger partial charge >= 0.3 is 6.85 Å². The van der Waals surface area contributed by atoms with E-state index in [1.165, 1.54) is 49.5 Å². The molecular formula is C32H23BN2O. The molecule has 0 unspecified atom stereocenters. The molecule has 0 atom stereocenters. The van der Waals surface area contributed by atoms with E-state index < -0.39 is 0 Å². The maximum Gasteiger partial charge on any atom is 0.332 e. The molecule has 6 aromatic rings. The van der Waals surface area contributed by atoms with E-state index in [4.69, 9.17) is 4.74 Å². The van der Waals surface area contributed by atoms with E-state index in [1.54, 1.807) is 0 Å². The second-order valence-corrected chi connectivity index (χ2v) is 9.87. The second-order valence-electron chi connectivity index (χ2n) is 9.87. The van der Waals surface area contributed by atoms with E-state index in [0.717, 1.165) is 22.9 Å². The van der Waals surface area contributed by atoms with Crippen LogP contribution >= 0.6 is 0 Å². The molecule has 1 aromatic heterocycles. The fourth-order valence-electron chi connectivity index (χ4n) is 6.42. The first-order valence-electron chi connectivity index (χ1n) is 12.5. The molecule has 0 saturated heterocycles. The summed E-state index contributed by atoms with van der Waals surface area (Å²) in [7, 11) is 0. The molecule has 0 fully saturated rings. The van der Waals surface area contributed by atoms with E-state index in [9.17, 15) is 0 Å². The van der Waals surface area contributed by atoms with Gasteiger partial charge in [-0.3, -0.25) is 0 Å². The van der Waals surface area contributed by atoms with Crippen LogP contribution in [0, 0.1) is 13.8 Å². The summed E-state index contributed by atoms with van der Waals surface area (Å²) in [4.78, 5) is 2.54. The number of aromatic nitrogens is 1. The maximum absolute atomic E-state index is 6.49. The summed E-state index contributed by atoms with van der Waals surface area (Å²) in [6, 6.07) is 37.2. The Kier molecular flexibility index (Phi) is 3.88. The molecule has 0 N–H and O–H groups in total. The van der Waals surface area contributed by atoms with Crippen LogP contribution in [0.4, 0.5) is 11.4 Å². The van der Waals surface area contributed by atoms with Gasteiger partial charge in [0.1, 0.15) is 11.5 Å². The van der Waals surface area contributed by atoms with Crippen molar-refractivity contribution in [3.63, 3.8) is 0 Å². The van der Waals surface area contributed by atoms with Crippen LogP contribution in [0.3, 0.4) is 0 Å². The van der Waals surface area contributed by atoms with Gasteiger partial charge in [-0.25, -0.2) is 0 Å². The van der Waals surface area contributed by atoms with Crippen molar-refractivity contribution in [2.75, 3.05) is 4.81 Å². The van der Waals surface area contributed by atoms with Gasteiger partial charge in [0.05, 0.1) is 22.4 Å². The summed E-state index contributed by atoms with van der Waals surface area (Å²) in [5, 5.41) is 2.59. The molecule has 0 amide bonds. The zero-order valence-electron chi connectivity index (χ0n) is 20.2. The third-order valence-corrected chi connectivity index (χ3v) is 7.85. The fourth-order valence-corrected chi connectivity index (χ4v) is 6.42. The molecular weight excluding hydrogens is 439 g/mol. The van der Waals surface area contributed by atoms with Crippen LogP contribution in [0.1, 0.15) is 11.1 Å². The van der Waals surface area contributed by atoms with Gasteiger partial charge < -0.3 is 14.1 Å². The highest BCUT2D eigenvalue weighted by atomic mass is 16.5. The second kappa shape index (κ2) is 7.05. The average Bonchev–Trinajstić information content (AvgIpc) is 3.24. The third-order valence-electron chi connectivity index (χ3n) is 7.85. The van der Waals surface area contributed by atoms with Gasteiger partial charge in [-0.2, -0.15) is 0 Å². The van der Waals surface area contributed by atoms with Crippen LogP contribution in [-0.4, -0.2) is 11.4 Å². The number of benzene rings is 5. The highest BCUT2D eigenvalue weighted by Crippen LogP contribution is 2.50. The number of hydrogen-bond acceptors (Lipinski definition) is 2. The first-order chi connectivity index (χ1) is 17.7. The number of hydrogen-bond donors (Lipinski definition) is 0. The molecule has 36 heavy (non-hydrogen) atoms. The highest BCUT2D eigenvalue weighted by molar-refractivity contribution is 6.92. The number of fused-ring (bicyclic) bond motifs is 7. The van der Waals surface area contributed by atoms with Crippen molar-refractivity contribution in [1.29, 1.82) is 0 Å². The van der Waals surface area contributed by atoms with Crippen molar-refractivity contribution >= 4 is 51.0 Å². The largest absolute Gasteiger partial charge is 0.453 e. The minimum absolute atomic E-state index is 0.00492. The third kappa shape index (κ3) is 2.43. The van der Waals surface area contributed by atoms with E-state index in [2.05, 4.69) is 126 Å². The standard InChI is InChI=1S/C32H23BN2O/c1-20-10-7-18-28-30(20)35(31-21(2)11-8-19-29(31)36-28)33-24-14-4-6-17-27(24)34-26-16-5-3-12-22(26)23-13-9-15-25(33)32(23)34/h3-19H,1-2H3. The SMILES string of the molecule is Cc1cccc2c1N(B1c3ccccc3-n3c4ccccc4c4cccc1c43)c1c(C)cccc1O2. The van der Waals surface area contributed by atoms with Crippen molar-refractivity contribution in [3.8, 4) is 17.2 Å². The van der Waals surface area contributed by atoms with Crippen molar-refractivity contribution in [3.05, 3.63) is 114 Å². The molecule has 8 rings (SSSR count). The van der Waals surface area contributed by atoms with Gasteiger partial charge in [0.15, 0.2) is 0 Å². The Bertz CT molecular complexity index is 1820. The molecule has 5 aromatic carbocycles. The Hall–Kier alpha value is -4.44. The Morgan fingerprint density at radius 2 is 1.19 bits per heavy atom. The van der Waals surface area contributed by atoms with E-state index in [-0.39, 0.29) is 6.85 Å². The minimum atomic E-state index is 0.00492. The number of aryl methyl sites for hydroxylation is 2. The van der Waals surface area contributed by atoms with Gasteiger partial charge in [0.25, 0.3) is 0 Å². The summed E-state index contributed by atoms with van der Waals surface area (Å²) in [6.07, 6.45) is 0. The molecule has 2 aliphatic rings. The smallest absolute Gasteiger partial charge is 0.332 e. The molecule has 0 spiro atoms. The van der Waals surface area contributed by atoms with Gasteiger partial charge in [-0.1, -0.05) is 78.9 Å². The normalized spacial score (nSPS) is 13.4. The number of para-hydroxylation sites is 5. The zero-order valence-corrected chi connectivity index (χ0v) is 20.2. The Balaban J connectivity index is 1.55. The molecule has 3 nitrogen and oxygen atoms in total. The van der Waals surface area contributed by atoms with E-state index in [0.29, 0.717) is 0 Å². The van der Waals surface area contributed by atoms with Gasteiger partial charge in [-0.05, 0) is 60.2 Å². The molecule has 170 valence electrons. The predicted molar refractivity (Wildman–Crippen MR) is 150 cm³/mol. The van der Waals surface area contributed by atoms with E-state index in [1.807, 2.05) is 0 Å². The van der Waals surface area contributed by atoms with Crippen LogP contribution in [-0.2, 0) is 0 Å². The summed E-state index contributed by atoms with van der Waals surface area (Å²) in [6.45, 7) is 4.38. The summed E-state index contributed by atoms with van der Waals surface area (Å²) in [5.41, 5.74) is 11.1. The molecule has 3 heterocycles. The predicted octanol–water partition coefficient (Wildman–Crippen LogP) is 6.76. The lowest BCUT2D eigenvalue weighted by molar-refractivity contribution is 0.477. The molecule has 0 bridgehead atoms. The molecule has 0 aliphatic carbocycles. The van der Waals surface area contributed by atoms with Crippen LogP contribution in [0.5, 0.6) is 11.5 Å². The molecule has 4 heteroatoms. The lowest BCUT2D eigenvalue weighted by atomic mass is 9.46. The Morgan fingerprint density at radius 1 is 0.583 bits per heavy atom. The molecule has 0 saturated carbocycles. The van der Waals surface area contributed by atoms with Crippen molar-refractivity contribution in [2.24, 2.45) is 0 Å². The first kappa shape index (κ1) is 19.8. The van der Waals surface area contributed by atoms with Gasteiger partial charge in [0, 0.05) is 16.5 Å². The fraction of sp³-hybridized carbons (Fsp3) is 0.0625. The minimum Gasteiger partial charge on any atom is -0.453 e.